The highest BCUT2D eigenvalue weighted by Gasteiger charge is 2.20. The highest BCUT2D eigenvalue weighted by atomic mass is 16.5. The largest absolute Gasteiger partial charge is 0.497 e. The summed E-state index contributed by atoms with van der Waals surface area (Å²) in [6, 6.07) is 13.0. The molecular formula is C24H27N3O3. The lowest BCUT2D eigenvalue weighted by Crippen LogP contribution is -2.37. The van der Waals surface area contributed by atoms with Crippen LogP contribution in [-0.4, -0.2) is 41.9 Å². The molecule has 2 aromatic carbocycles. The van der Waals surface area contributed by atoms with Crippen LogP contribution in [-0.2, 0) is 17.6 Å². The van der Waals surface area contributed by atoms with E-state index < -0.39 is 0 Å². The number of ether oxygens (including phenoxy) is 1. The molecule has 0 aliphatic heterocycles. The fourth-order valence-electron chi connectivity index (χ4n) is 4.12. The number of likely N-dealkylation sites (N-methyl/N-ethyl adjacent to an activating group) is 1. The number of rotatable bonds is 6. The Morgan fingerprint density at radius 2 is 1.97 bits per heavy atom. The quantitative estimate of drug-likeness (QED) is 0.647. The zero-order valence-corrected chi connectivity index (χ0v) is 17.5. The minimum absolute atomic E-state index is 0.00414. The van der Waals surface area contributed by atoms with Crippen LogP contribution >= 0.6 is 0 Å². The average molecular weight is 405 g/mol. The van der Waals surface area contributed by atoms with Gasteiger partial charge in [0, 0.05) is 40.5 Å². The number of nitrogens with one attached hydrogen (secondary N) is 2. The van der Waals surface area contributed by atoms with Crippen molar-refractivity contribution in [1.82, 2.24) is 9.88 Å². The van der Waals surface area contributed by atoms with Crippen molar-refractivity contribution in [3.05, 3.63) is 59.3 Å². The van der Waals surface area contributed by atoms with Crippen LogP contribution in [0.3, 0.4) is 0 Å². The van der Waals surface area contributed by atoms with Crippen LogP contribution in [0.4, 0.5) is 5.69 Å². The zero-order valence-electron chi connectivity index (χ0n) is 17.5. The van der Waals surface area contributed by atoms with E-state index in [9.17, 15) is 9.59 Å². The monoisotopic (exact) mass is 405 g/mol. The number of carbonyl (C=O) groups is 2. The summed E-state index contributed by atoms with van der Waals surface area (Å²) in [5.74, 6) is 0.295. The minimum atomic E-state index is -0.237. The van der Waals surface area contributed by atoms with Gasteiger partial charge >= 0.3 is 0 Å². The Morgan fingerprint density at radius 1 is 1.13 bits per heavy atom. The van der Waals surface area contributed by atoms with E-state index in [-0.39, 0.29) is 18.4 Å². The van der Waals surface area contributed by atoms with Gasteiger partial charge in [0.15, 0.2) is 0 Å². The second-order valence-electron chi connectivity index (χ2n) is 7.65. The van der Waals surface area contributed by atoms with E-state index >= 15 is 0 Å². The number of methoxy groups -OCH3 is 1. The van der Waals surface area contributed by atoms with Crippen molar-refractivity contribution in [1.29, 1.82) is 0 Å². The van der Waals surface area contributed by atoms with Gasteiger partial charge in [0.25, 0.3) is 5.91 Å². The van der Waals surface area contributed by atoms with E-state index in [2.05, 4.69) is 10.3 Å². The Bertz CT molecular complexity index is 1090. The van der Waals surface area contributed by atoms with Gasteiger partial charge in [-0.05, 0) is 68.5 Å². The molecule has 0 spiro atoms. The topological polar surface area (TPSA) is 74.4 Å². The van der Waals surface area contributed by atoms with Gasteiger partial charge in [-0.25, -0.2) is 0 Å². The number of hydrogen-bond acceptors (Lipinski definition) is 3. The molecule has 30 heavy (non-hydrogen) atoms. The molecule has 0 fully saturated rings. The summed E-state index contributed by atoms with van der Waals surface area (Å²) in [5.41, 5.74) is 4.97. The first-order chi connectivity index (χ1) is 14.6. The Labute approximate surface area is 176 Å². The molecule has 0 saturated heterocycles. The molecule has 0 atom stereocenters. The molecule has 156 valence electrons. The van der Waals surface area contributed by atoms with Crippen LogP contribution in [0.2, 0.25) is 0 Å². The second-order valence-corrected chi connectivity index (χ2v) is 7.65. The zero-order chi connectivity index (χ0) is 21.1. The molecule has 1 aliphatic carbocycles. The van der Waals surface area contributed by atoms with Gasteiger partial charge in [0.2, 0.25) is 5.91 Å². The fraction of sp³-hybridized carbons (Fsp3) is 0.333. The number of aryl methyl sites for hydroxylation is 2. The number of nitrogens with zero attached hydrogens (tertiary/aromatic N) is 1. The van der Waals surface area contributed by atoms with Crippen molar-refractivity contribution in [2.45, 2.75) is 32.6 Å². The number of aromatic amines is 1. The molecule has 3 aromatic rings. The summed E-state index contributed by atoms with van der Waals surface area (Å²) in [5, 5.41) is 3.97. The predicted octanol–water partition coefficient (Wildman–Crippen LogP) is 4.16. The third-order valence-corrected chi connectivity index (χ3v) is 5.70. The number of amides is 2. The van der Waals surface area contributed by atoms with Gasteiger partial charge in [-0.15, -0.1) is 0 Å². The van der Waals surface area contributed by atoms with E-state index in [0.717, 1.165) is 23.7 Å². The number of H-pyrrole nitrogens is 1. The number of anilines is 1. The van der Waals surface area contributed by atoms with E-state index in [1.54, 1.807) is 24.1 Å². The average Bonchev–Trinajstić information content (AvgIpc) is 3.15. The lowest BCUT2D eigenvalue weighted by atomic mass is 9.95. The molecule has 0 radical (unpaired) electrons. The van der Waals surface area contributed by atoms with Crippen molar-refractivity contribution in [3.63, 3.8) is 0 Å². The van der Waals surface area contributed by atoms with E-state index in [4.69, 9.17) is 4.74 Å². The maximum absolute atomic E-state index is 13.1. The van der Waals surface area contributed by atoms with Crippen molar-refractivity contribution in [3.8, 4) is 5.75 Å². The summed E-state index contributed by atoms with van der Waals surface area (Å²) in [6.45, 7) is 2.33. The molecule has 1 aromatic heterocycles. The number of aromatic nitrogens is 1. The SMILES string of the molecule is CCN(CC(=O)Nc1cccc(OC)c1)C(=O)c1ccc2[nH]c3c(c2c1)CCCC3. The molecule has 1 heterocycles. The fourth-order valence-corrected chi connectivity index (χ4v) is 4.12. The molecule has 2 amide bonds. The smallest absolute Gasteiger partial charge is 0.254 e. The first-order valence-electron chi connectivity index (χ1n) is 10.5. The van der Waals surface area contributed by atoms with E-state index in [1.807, 2.05) is 37.3 Å². The van der Waals surface area contributed by atoms with E-state index in [1.165, 1.54) is 24.1 Å². The number of benzene rings is 2. The summed E-state index contributed by atoms with van der Waals surface area (Å²) in [7, 11) is 1.58. The predicted molar refractivity (Wildman–Crippen MR) is 118 cm³/mol. The molecule has 1 aliphatic rings. The molecular weight excluding hydrogens is 378 g/mol. The van der Waals surface area contributed by atoms with Crippen molar-refractivity contribution in [2.24, 2.45) is 0 Å². The molecule has 0 bridgehead atoms. The number of fused-ring (bicyclic) bond motifs is 3. The van der Waals surface area contributed by atoms with Crippen LogP contribution in [0.25, 0.3) is 10.9 Å². The van der Waals surface area contributed by atoms with Gasteiger partial charge in [0.1, 0.15) is 12.3 Å². The molecule has 0 unspecified atom stereocenters. The Balaban J connectivity index is 1.50. The lowest BCUT2D eigenvalue weighted by Gasteiger charge is -2.20. The second kappa shape index (κ2) is 8.61. The number of hydrogen-bond donors (Lipinski definition) is 2. The third-order valence-electron chi connectivity index (χ3n) is 5.70. The summed E-state index contributed by atoms with van der Waals surface area (Å²) in [4.78, 5) is 30.7. The summed E-state index contributed by atoms with van der Waals surface area (Å²) < 4.78 is 5.18. The normalized spacial score (nSPS) is 13.0. The van der Waals surface area contributed by atoms with Crippen molar-refractivity contribution in [2.75, 3.05) is 25.5 Å². The standard InChI is InChI=1S/C24H27N3O3/c1-3-27(15-23(28)25-17-7-6-8-18(14-17)30-2)24(29)16-11-12-22-20(13-16)19-9-4-5-10-21(19)26-22/h6-8,11-14,26H,3-5,9-10,15H2,1-2H3,(H,25,28). The van der Waals surface area contributed by atoms with Gasteiger partial charge < -0.3 is 19.9 Å². The van der Waals surface area contributed by atoms with Crippen LogP contribution in [0.15, 0.2) is 42.5 Å². The van der Waals surface area contributed by atoms with Crippen LogP contribution in [0.1, 0.15) is 41.4 Å². The van der Waals surface area contributed by atoms with Gasteiger partial charge in [-0.1, -0.05) is 6.07 Å². The molecule has 6 heteroatoms. The maximum atomic E-state index is 13.1. The third kappa shape index (κ3) is 4.03. The lowest BCUT2D eigenvalue weighted by molar-refractivity contribution is -0.116. The van der Waals surface area contributed by atoms with Crippen LogP contribution in [0, 0.1) is 0 Å². The molecule has 2 N–H and O–H groups in total. The Kier molecular flexibility index (Phi) is 5.74. The maximum Gasteiger partial charge on any atom is 0.254 e. The first kappa shape index (κ1) is 20.0. The van der Waals surface area contributed by atoms with Gasteiger partial charge in [-0.3, -0.25) is 9.59 Å². The Morgan fingerprint density at radius 3 is 2.77 bits per heavy atom. The van der Waals surface area contributed by atoms with E-state index in [0.29, 0.717) is 23.5 Å². The minimum Gasteiger partial charge on any atom is -0.497 e. The summed E-state index contributed by atoms with van der Waals surface area (Å²) >= 11 is 0. The van der Waals surface area contributed by atoms with Crippen molar-refractivity contribution < 1.29 is 14.3 Å². The van der Waals surface area contributed by atoms with Gasteiger partial charge in [0.05, 0.1) is 7.11 Å². The van der Waals surface area contributed by atoms with Crippen LogP contribution < -0.4 is 10.1 Å². The highest BCUT2D eigenvalue weighted by Crippen LogP contribution is 2.30. The van der Waals surface area contributed by atoms with Crippen molar-refractivity contribution >= 4 is 28.4 Å². The molecule has 4 rings (SSSR count). The number of carbonyl (C=O) groups excluding carboxylic acids is 2. The van der Waals surface area contributed by atoms with Crippen LogP contribution in [0.5, 0.6) is 5.75 Å². The summed E-state index contributed by atoms with van der Waals surface area (Å²) in [6.07, 6.45) is 4.51. The molecule has 0 saturated carbocycles. The first-order valence-corrected chi connectivity index (χ1v) is 10.5. The van der Waals surface area contributed by atoms with Gasteiger partial charge in [-0.2, -0.15) is 0 Å². The highest BCUT2D eigenvalue weighted by molar-refractivity contribution is 6.02. The molecule has 6 nitrogen and oxygen atoms in total. The Hall–Kier alpha value is -3.28.